The normalized spacial score (nSPS) is 17.6. The predicted octanol–water partition coefficient (Wildman–Crippen LogP) is 10.6. The summed E-state index contributed by atoms with van der Waals surface area (Å²) in [5.74, 6) is 0.362. The highest BCUT2D eigenvalue weighted by Gasteiger charge is 2.30. The van der Waals surface area contributed by atoms with Gasteiger partial charge >= 0.3 is 5.97 Å². The van der Waals surface area contributed by atoms with E-state index in [2.05, 4.69) is 58.7 Å². The molecule has 0 bridgehead atoms. The highest BCUT2D eigenvalue weighted by atomic mass is 32.2. The highest BCUT2D eigenvalue weighted by Crippen LogP contribution is 2.31. The third-order valence-corrected chi connectivity index (χ3v) is 10.4. The van der Waals surface area contributed by atoms with Crippen molar-refractivity contribution < 1.29 is 27.9 Å². The number of aryl methyl sites for hydroxylation is 1. The zero-order valence-electron chi connectivity index (χ0n) is 36.2. The molecule has 1 aliphatic carbocycles. The van der Waals surface area contributed by atoms with Gasteiger partial charge in [0.15, 0.2) is 0 Å². The number of carbonyl (C=O) groups is 2. The summed E-state index contributed by atoms with van der Waals surface area (Å²) >= 11 is 0. The number of carboxylic acid groups (broad SMARTS) is 1. The Bertz CT molecular complexity index is 1420. The van der Waals surface area contributed by atoms with Crippen LogP contribution in [0.3, 0.4) is 0 Å². The summed E-state index contributed by atoms with van der Waals surface area (Å²) in [5.41, 5.74) is 3.98. The van der Waals surface area contributed by atoms with Crippen LogP contribution in [0.5, 0.6) is 0 Å². The van der Waals surface area contributed by atoms with Crippen molar-refractivity contribution in [1.82, 2.24) is 10.2 Å². The van der Waals surface area contributed by atoms with Crippen molar-refractivity contribution >= 4 is 21.7 Å². The van der Waals surface area contributed by atoms with Gasteiger partial charge in [-0.15, -0.1) is 0 Å². The van der Waals surface area contributed by atoms with Crippen LogP contribution in [-0.2, 0) is 25.9 Å². The van der Waals surface area contributed by atoms with Crippen LogP contribution in [0, 0.1) is 24.7 Å². The molecule has 2 aromatic rings. The Morgan fingerprint density at radius 1 is 0.944 bits per heavy atom. The van der Waals surface area contributed by atoms with Crippen molar-refractivity contribution in [3.05, 3.63) is 59.2 Å². The average Bonchev–Trinajstić information content (AvgIpc) is 3.46. The molecule has 2 fully saturated rings. The molecule has 3 atom stereocenters. The Hall–Kier alpha value is -2.75. The lowest BCUT2D eigenvalue weighted by Crippen LogP contribution is -2.42. The quantitative estimate of drug-likeness (QED) is 0.208. The number of aliphatic carboxylic acids is 1. The molecule has 0 aromatic heterocycles. The van der Waals surface area contributed by atoms with Crippen LogP contribution in [0.1, 0.15) is 148 Å². The number of hydrogen-bond acceptors (Lipinski definition) is 6. The first-order valence-corrected chi connectivity index (χ1v) is 22.8. The molecule has 2 aliphatic rings. The minimum atomic E-state index is -3.37. The van der Waals surface area contributed by atoms with Gasteiger partial charge in [0.1, 0.15) is 15.9 Å². The molecule has 8 nitrogen and oxygen atoms in total. The summed E-state index contributed by atoms with van der Waals surface area (Å²) in [7, 11) is -1.65. The summed E-state index contributed by atoms with van der Waals surface area (Å²) in [6, 6.07) is 12.4. The zero-order chi connectivity index (χ0) is 41.3. The third-order valence-electron chi connectivity index (χ3n) is 9.39. The van der Waals surface area contributed by atoms with E-state index in [0.29, 0.717) is 36.2 Å². The predicted molar refractivity (Wildman–Crippen MR) is 229 cm³/mol. The Morgan fingerprint density at radius 2 is 1.56 bits per heavy atom. The SMILES string of the molecule is CC.CC1CCCCC1.CCC.CCCC(C)C.COCC1CC(C)CN1Cc1ccc(C(=O)NC(CCS(C)(=O)=O)C(=O)O)c(-c2ccccc2C)c1. The maximum atomic E-state index is 13.3. The van der Waals surface area contributed by atoms with Gasteiger partial charge in [0.05, 0.1) is 12.4 Å². The molecule has 310 valence electrons. The maximum Gasteiger partial charge on any atom is 0.326 e. The standard InChI is InChI=1S/C27H36N2O6S.C7H14.C6H14.C3H8.C2H6/c1-18-13-21(17-35-3)29(15-18)16-20-9-10-23(24(14-20)22-8-6-5-7-19(22)2)26(30)28-25(27(31)32)11-12-36(4,33)34;1-7-5-3-2-4-6-7;1-4-5-6(2)3;1-3-2;1-2/h5-10,14,18,21,25H,11-13,15-17H2,1-4H3,(H,28,30)(H,31,32);7H,2-6H2,1H3;6H,4-5H2,1-3H3;3H2,1-2H3;1-2H3. The Kier molecular flexibility index (Phi) is 27.2. The maximum absolute atomic E-state index is 13.3. The molecule has 2 N–H and O–H groups in total. The lowest BCUT2D eigenvalue weighted by Gasteiger charge is -2.24. The molecular weight excluding hydrogens is 697 g/mol. The molecule has 0 spiro atoms. The summed E-state index contributed by atoms with van der Waals surface area (Å²) in [6.45, 7) is 23.9. The molecule has 1 amide bonds. The van der Waals surface area contributed by atoms with Crippen LogP contribution in [0.4, 0.5) is 0 Å². The van der Waals surface area contributed by atoms with Gasteiger partial charge in [-0.05, 0) is 71.9 Å². The van der Waals surface area contributed by atoms with Gasteiger partial charge in [0, 0.05) is 38.1 Å². The summed E-state index contributed by atoms with van der Waals surface area (Å²) in [5, 5.41) is 12.1. The number of carboxylic acids is 1. The molecule has 3 unspecified atom stereocenters. The van der Waals surface area contributed by atoms with E-state index in [-0.39, 0.29) is 12.2 Å². The number of hydrogen-bond donors (Lipinski definition) is 2. The van der Waals surface area contributed by atoms with Crippen LogP contribution < -0.4 is 5.32 Å². The summed E-state index contributed by atoms with van der Waals surface area (Å²) in [6.07, 6.45) is 13.3. The number of carbonyl (C=O) groups excluding carboxylic acids is 1. The minimum absolute atomic E-state index is 0.203. The van der Waals surface area contributed by atoms with Gasteiger partial charge in [0.25, 0.3) is 5.91 Å². The van der Waals surface area contributed by atoms with Crippen LogP contribution in [0.15, 0.2) is 42.5 Å². The molecule has 1 heterocycles. The number of likely N-dealkylation sites (tertiary alicyclic amines) is 1. The largest absolute Gasteiger partial charge is 0.480 e. The van der Waals surface area contributed by atoms with Crippen molar-refractivity contribution in [3.8, 4) is 11.1 Å². The van der Waals surface area contributed by atoms with Gasteiger partial charge in [-0.2, -0.15) is 0 Å². The number of sulfone groups is 1. The Balaban J connectivity index is 0.00000128. The first kappa shape index (κ1) is 51.2. The van der Waals surface area contributed by atoms with Crippen LogP contribution in [-0.4, -0.2) is 74.7 Å². The molecule has 2 aromatic carbocycles. The Morgan fingerprint density at radius 3 is 2.02 bits per heavy atom. The van der Waals surface area contributed by atoms with Crippen LogP contribution in [0.2, 0.25) is 0 Å². The van der Waals surface area contributed by atoms with E-state index in [9.17, 15) is 23.1 Å². The molecule has 1 aliphatic heterocycles. The number of ether oxygens (including phenoxy) is 1. The lowest BCUT2D eigenvalue weighted by molar-refractivity contribution is -0.139. The van der Waals surface area contributed by atoms with Gasteiger partial charge in [-0.1, -0.05) is 144 Å². The molecule has 4 rings (SSSR count). The van der Waals surface area contributed by atoms with Crippen molar-refractivity contribution in [2.24, 2.45) is 17.8 Å². The second-order valence-corrected chi connectivity index (χ2v) is 17.7. The van der Waals surface area contributed by atoms with Crippen LogP contribution in [0.25, 0.3) is 11.1 Å². The number of amides is 1. The Labute approximate surface area is 331 Å². The fraction of sp³-hybridized carbons (Fsp3) is 0.689. The van der Waals surface area contributed by atoms with E-state index in [1.807, 2.05) is 57.2 Å². The van der Waals surface area contributed by atoms with Crippen molar-refractivity contribution in [2.45, 2.75) is 152 Å². The smallest absolute Gasteiger partial charge is 0.326 e. The van der Waals surface area contributed by atoms with Gasteiger partial charge in [-0.25, -0.2) is 13.2 Å². The third kappa shape index (κ3) is 21.4. The summed E-state index contributed by atoms with van der Waals surface area (Å²) in [4.78, 5) is 27.4. The second-order valence-electron chi connectivity index (χ2n) is 15.5. The molecule has 1 saturated heterocycles. The first-order valence-electron chi connectivity index (χ1n) is 20.7. The first-order chi connectivity index (χ1) is 25.6. The van der Waals surface area contributed by atoms with Crippen molar-refractivity contribution in [2.75, 3.05) is 32.3 Å². The van der Waals surface area contributed by atoms with E-state index in [4.69, 9.17) is 4.74 Å². The van der Waals surface area contributed by atoms with E-state index in [1.54, 1.807) is 13.2 Å². The zero-order valence-corrected chi connectivity index (χ0v) is 37.0. The summed E-state index contributed by atoms with van der Waals surface area (Å²) < 4.78 is 28.5. The monoisotopic (exact) mass is 775 g/mol. The van der Waals surface area contributed by atoms with E-state index < -0.39 is 27.8 Å². The van der Waals surface area contributed by atoms with E-state index in [1.165, 1.54) is 51.4 Å². The van der Waals surface area contributed by atoms with Crippen LogP contribution >= 0.6 is 0 Å². The second kappa shape index (κ2) is 28.6. The number of rotatable bonds is 13. The van der Waals surface area contributed by atoms with Gasteiger partial charge < -0.3 is 15.2 Å². The van der Waals surface area contributed by atoms with Crippen molar-refractivity contribution in [1.29, 1.82) is 0 Å². The topological polar surface area (TPSA) is 113 Å². The fourth-order valence-corrected chi connectivity index (χ4v) is 7.39. The molecule has 0 radical (unpaired) electrons. The molecule has 1 saturated carbocycles. The minimum Gasteiger partial charge on any atom is -0.480 e. The lowest BCUT2D eigenvalue weighted by atomic mass is 9.91. The van der Waals surface area contributed by atoms with Gasteiger partial charge in [0.2, 0.25) is 0 Å². The number of benzene rings is 2. The number of methoxy groups -OCH3 is 1. The molecular formula is C45H78N2O6S. The van der Waals surface area contributed by atoms with E-state index in [0.717, 1.165) is 47.7 Å². The van der Waals surface area contributed by atoms with Crippen molar-refractivity contribution in [3.63, 3.8) is 0 Å². The number of nitrogens with zero attached hydrogens (tertiary/aromatic N) is 1. The van der Waals surface area contributed by atoms with Gasteiger partial charge in [-0.3, -0.25) is 9.69 Å². The number of nitrogens with one attached hydrogen (secondary N) is 1. The fourth-order valence-electron chi connectivity index (χ4n) is 6.73. The molecule has 9 heteroatoms. The molecule has 54 heavy (non-hydrogen) atoms. The highest BCUT2D eigenvalue weighted by molar-refractivity contribution is 7.90. The van der Waals surface area contributed by atoms with E-state index >= 15 is 0 Å². The average molecular weight is 775 g/mol.